The molecule has 1 atom stereocenters. The van der Waals surface area contributed by atoms with Crippen LogP contribution in [0.4, 0.5) is 14.5 Å². The number of carbonyl (C=O) groups excluding carboxylic acids is 1. The van der Waals surface area contributed by atoms with Gasteiger partial charge in [0.05, 0.1) is 19.4 Å². The summed E-state index contributed by atoms with van der Waals surface area (Å²) >= 11 is 0. The number of rotatable bonds is 9. The van der Waals surface area contributed by atoms with Gasteiger partial charge in [0.15, 0.2) is 11.5 Å². The Kier molecular flexibility index (Phi) is 8.25. The predicted octanol–water partition coefficient (Wildman–Crippen LogP) is 5.53. The largest absolute Gasteiger partial charge is 0.493 e. The molecule has 0 aliphatic carbocycles. The van der Waals surface area contributed by atoms with E-state index >= 15 is 0 Å². The van der Waals surface area contributed by atoms with E-state index in [9.17, 15) is 13.6 Å². The van der Waals surface area contributed by atoms with E-state index in [2.05, 4.69) is 17.0 Å². The van der Waals surface area contributed by atoms with E-state index in [-0.39, 0.29) is 29.2 Å². The Hall–Kier alpha value is -3.16. The number of benzene rings is 2. The number of ether oxygens (including phenoxy) is 2. The van der Waals surface area contributed by atoms with Crippen molar-refractivity contribution >= 4 is 17.3 Å². The van der Waals surface area contributed by atoms with E-state index in [0.29, 0.717) is 6.54 Å². The molecule has 1 aliphatic heterocycles. The number of halogens is 2. The second kappa shape index (κ2) is 11.1. The summed E-state index contributed by atoms with van der Waals surface area (Å²) in [5, 5.41) is 9.80. The molecule has 1 amide bonds. The van der Waals surface area contributed by atoms with Crippen LogP contribution in [0, 0.1) is 11.8 Å². The van der Waals surface area contributed by atoms with Crippen LogP contribution < -0.4 is 14.8 Å². The van der Waals surface area contributed by atoms with Crippen molar-refractivity contribution in [2.45, 2.75) is 46.8 Å². The first-order chi connectivity index (χ1) is 15.8. The van der Waals surface area contributed by atoms with E-state index in [1.54, 1.807) is 12.1 Å². The maximum atomic E-state index is 12.7. The monoisotopic (exact) mass is 459 g/mol. The number of hydrazone groups is 1. The Morgan fingerprint density at radius 2 is 1.91 bits per heavy atom. The zero-order valence-corrected chi connectivity index (χ0v) is 19.5. The van der Waals surface area contributed by atoms with Crippen LogP contribution >= 0.6 is 0 Å². The third kappa shape index (κ3) is 6.43. The maximum absolute atomic E-state index is 12.7. The van der Waals surface area contributed by atoms with Crippen molar-refractivity contribution in [3.8, 4) is 11.5 Å². The zero-order valence-electron chi connectivity index (χ0n) is 19.5. The molecule has 1 unspecified atom stereocenters. The highest BCUT2D eigenvalue weighted by Crippen LogP contribution is 2.32. The third-order valence-electron chi connectivity index (χ3n) is 5.65. The van der Waals surface area contributed by atoms with Crippen molar-refractivity contribution in [2.24, 2.45) is 16.9 Å². The quantitative estimate of drug-likeness (QED) is 0.536. The smallest absolute Gasteiger partial charge is 0.387 e. The number of methoxy groups -OCH3 is 1. The molecule has 8 heteroatoms. The Labute approximate surface area is 193 Å². The summed E-state index contributed by atoms with van der Waals surface area (Å²) in [5.74, 6) is 0.427. The minimum atomic E-state index is -2.92. The van der Waals surface area contributed by atoms with E-state index < -0.39 is 6.61 Å². The van der Waals surface area contributed by atoms with Gasteiger partial charge in [-0.15, -0.1) is 0 Å². The zero-order chi connectivity index (χ0) is 24.0. The fourth-order valence-corrected chi connectivity index (χ4v) is 3.74. The normalized spacial score (nSPS) is 16.1. The van der Waals surface area contributed by atoms with Crippen LogP contribution in [0.1, 0.15) is 44.7 Å². The molecule has 33 heavy (non-hydrogen) atoms. The second-order valence-corrected chi connectivity index (χ2v) is 8.35. The highest BCUT2D eigenvalue weighted by atomic mass is 19.3. The highest BCUT2D eigenvalue weighted by Gasteiger charge is 2.24. The van der Waals surface area contributed by atoms with Crippen molar-refractivity contribution in [3.63, 3.8) is 0 Å². The number of hydrogen-bond donors (Lipinski definition) is 1. The molecule has 3 rings (SSSR count). The molecule has 2 aromatic rings. The molecular weight excluding hydrogens is 428 g/mol. The van der Waals surface area contributed by atoms with Crippen LogP contribution in [0.3, 0.4) is 0 Å². The molecule has 0 bridgehead atoms. The van der Waals surface area contributed by atoms with Crippen LogP contribution in [0.15, 0.2) is 47.6 Å². The highest BCUT2D eigenvalue weighted by molar-refractivity contribution is 6.03. The number of nitrogens with one attached hydrogen (secondary N) is 1. The van der Waals surface area contributed by atoms with Gasteiger partial charge in [-0.2, -0.15) is 13.9 Å². The van der Waals surface area contributed by atoms with Crippen molar-refractivity contribution in [1.82, 2.24) is 5.01 Å². The van der Waals surface area contributed by atoms with Gasteiger partial charge in [-0.25, -0.2) is 0 Å². The van der Waals surface area contributed by atoms with Crippen LogP contribution in [0.2, 0.25) is 0 Å². The van der Waals surface area contributed by atoms with Gasteiger partial charge in [0.2, 0.25) is 5.91 Å². The lowest BCUT2D eigenvalue weighted by molar-refractivity contribution is -0.118. The van der Waals surface area contributed by atoms with Crippen molar-refractivity contribution in [2.75, 3.05) is 19.0 Å². The van der Waals surface area contributed by atoms with Gasteiger partial charge >= 0.3 is 6.61 Å². The van der Waals surface area contributed by atoms with Crippen LogP contribution in [0.25, 0.3) is 0 Å². The molecule has 0 saturated carbocycles. The molecule has 1 aliphatic rings. The molecule has 178 valence electrons. The molecule has 0 fully saturated rings. The first-order valence-electron chi connectivity index (χ1n) is 11.2. The molecule has 0 radical (unpaired) electrons. The molecule has 1 heterocycles. The van der Waals surface area contributed by atoms with Gasteiger partial charge in [-0.3, -0.25) is 9.80 Å². The van der Waals surface area contributed by atoms with Gasteiger partial charge in [0.1, 0.15) is 0 Å². The number of hydrogen-bond acceptors (Lipinski definition) is 5. The summed E-state index contributed by atoms with van der Waals surface area (Å²) in [6, 6.07) is 12.7. The third-order valence-corrected chi connectivity index (χ3v) is 5.65. The standard InChI is InChI=1S/C25H31F2N3O3/c1-5-18-12-13-30(15-17-6-9-20(10-7-17)28-24(31)16(2)3)29-23(18)19-8-11-21(33-25(26)27)22(14-19)32-4/h6-11,14,16,18,25H,5,12-13,15H2,1-4H3,(H,28,31). The van der Waals surface area contributed by atoms with Gasteiger partial charge in [0.25, 0.3) is 0 Å². The van der Waals surface area contributed by atoms with Gasteiger partial charge in [-0.1, -0.05) is 32.9 Å². The van der Waals surface area contributed by atoms with Crippen LogP contribution in [-0.2, 0) is 11.3 Å². The second-order valence-electron chi connectivity index (χ2n) is 8.35. The summed E-state index contributed by atoms with van der Waals surface area (Å²) in [7, 11) is 1.43. The van der Waals surface area contributed by atoms with Crippen LogP contribution in [0.5, 0.6) is 11.5 Å². The average Bonchev–Trinajstić information content (AvgIpc) is 2.80. The van der Waals surface area contributed by atoms with E-state index in [0.717, 1.165) is 41.9 Å². The molecular formula is C25H31F2N3O3. The molecule has 1 N–H and O–H groups in total. The minimum Gasteiger partial charge on any atom is -0.493 e. The Morgan fingerprint density at radius 3 is 2.52 bits per heavy atom. The minimum absolute atomic E-state index is 0.00205. The number of amides is 1. The molecule has 0 spiro atoms. The lowest BCUT2D eigenvalue weighted by Gasteiger charge is -2.31. The van der Waals surface area contributed by atoms with Gasteiger partial charge in [0, 0.05) is 29.6 Å². The summed E-state index contributed by atoms with van der Waals surface area (Å²) < 4.78 is 35.1. The van der Waals surface area contributed by atoms with E-state index in [1.807, 2.05) is 43.1 Å². The summed E-state index contributed by atoms with van der Waals surface area (Å²) in [6.45, 7) is 4.36. The predicted molar refractivity (Wildman–Crippen MR) is 125 cm³/mol. The number of nitrogens with zero attached hydrogens (tertiary/aromatic N) is 2. The van der Waals surface area contributed by atoms with Crippen LogP contribution in [-0.4, -0.2) is 36.9 Å². The molecule has 0 saturated heterocycles. The first kappa shape index (κ1) is 24.5. The summed E-state index contributed by atoms with van der Waals surface area (Å²) in [6.07, 6.45) is 1.87. The molecule has 2 aromatic carbocycles. The molecule has 0 aromatic heterocycles. The SMILES string of the molecule is CCC1CCN(Cc2ccc(NC(=O)C(C)C)cc2)N=C1c1ccc(OC(F)F)c(OC)c1. The van der Waals surface area contributed by atoms with Crippen molar-refractivity contribution in [3.05, 3.63) is 53.6 Å². The fourth-order valence-electron chi connectivity index (χ4n) is 3.74. The topological polar surface area (TPSA) is 63.2 Å². The lowest BCUT2D eigenvalue weighted by Crippen LogP contribution is -2.32. The Balaban J connectivity index is 1.78. The summed E-state index contributed by atoms with van der Waals surface area (Å²) in [5.41, 5.74) is 3.58. The first-order valence-corrected chi connectivity index (χ1v) is 11.2. The number of alkyl halides is 2. The van der Waals surface area contributed by atoms with Gasteiger partial charge in [-0.05, 0) is 48.7 Å². The number of carbonyl (C=O) groups is 1. The van der Waals surface area contributed by atoms with Crippen molar-refractivity contribution < 1.29 is 23.0 Å². The van der Waals surface area contributed by atoms with Crippen molar-refractivity contribution in [1.29, 1.82) is 0 Å². The maximum Gasteiger partial charge on any atom is 0.387 e. The van der Waals surface area contributed by atoms with Gasteiger partial charge < -0.3 is 14.8 Å². The van der Waals surface area contributed by atoms with E-state index in [1.165, 1.54) is 13.2 Å². The summed E-state index contributed by atoms with van der Waals surface area (Å²) in [4.78, 5) is 11.9. The number of anilines is 1. The lowest BCUT2D eigenvalue weighted by atomic mass is 9.90. The van der Waals surface area contributed by atoms with E-state index in [4.69, 9.17) is 9.84 Å². The Bertz CT molecular complexity index is 977. The fraction of sp³-hybridized carbons (Fsp3) is 0.440. The Morgan fingerprint density at radius 1 is 1.18 bits per heavy atom. The average molecular weight is 460 g/mol. The molecule has 6 nitrogen and oxygen atoms in total.